The number of hydrogen-bond donors (Lipinski definition) is 3. The lowest BCUT2D eigenvalue weighted by Crippen LogP contribution is -2.21. The number of H-pyrrole nitrogens is 2. The lowest BCUT2D eigenvalue weighted by molar-refractivity contribution is 0.0971. The van der Waals surface area contributed by atoms with Gasteiger partial charge in [-0.3, -0.25) is 4.79 Å². The molecule has 2 aromatic heterocycles. The molecule has 0 fully saturated rings. The van der Waals surface area contributed by atoms with E-state index in [1.165, 1.54) is 0 Å². The first-order chi connectivity index (χ1) is 13.8. The largest absolute Gasteiger partial charge is 0.371 e. The van der Waals surface area contributed by atoms with Gasteiger partial charge < -0.3 is 15.3 Å². The summed E-state index contributed by atoms with van der Waals surface area (Å²) in [7, 11) is 0. The van der Waals surface area contributed by atoms with Crippen LogP contribution in [0.2, 0.25) is 0 Å². The topological polar surface area (TPSA) is 60.7 Å². The lowest BCUT2D eigenvalue weighted by atomic mass is 9.96. The van der Waals surface area contributed by atoms with E-state index in [0.717, 1.165) is 33.1 Å². The number of aromatic amines is 2. The predicted octanol–water partition coefficient (Wildman–Crippen LogP) is 5.69. The number of ketones is 1. The van der Waals surface area contributed by atoms with Gasteiger partial charge in [-0.15, -0.1) is 0 Å². The van der Waals surface area contributed by atoms with Crippen LogP contribution in [0.3, 0.4) is 0 Å². The molecule has 0 aliphatic carbocycles. The third kappa shape index (κ3) is 2.85. The highest BCUT2D eigenvalue weighted by atomic mass is 16.1. The summed E-state index contributed by atoms with van der Waals surface area (Å²) in [5.41, 5.74) is 4.53. The number of carbonyl (C=O) groups is 1. The van der Waals surface area contributed by atoms with Crippen LogP contribution in [0.25, 0.3) is 21.8 Å². The molecule has 136 valence electrons. The average molecular weight is 365 g/mol. The number of rotatable bonds is 5. The third-order valence-corrected chi connectivity index (χ3v) is 5.12. The van der Waals surface area contributed by atoms with Crippen molar-refractivity contribution in [1.29, 1.82) is 0 Å². The van der Waals surface area contributed by atoms with Crippen LogP contribution in [0.4, 0.5) is 5.69 Å². The van der Waals surface area contributed by atoms with E-state index in [9.17, 15) is 4.79 Å². The van der Waals surface area contributed by atoms with Crippen molar-refractivity contribution in [3.05, 3.63) is 102 Å². The summed E-state index contributed by atoms with van der Waals surface area (Å²) in [6.45, 7) is 0. The third-order valence-electron chi connectivity index (χ3n) is 5.12. The van der Waals surface area contributed by atoms with Crippen LogP contribution in [0.15, 0.2) is 91.3 Å². The first-order valence-corrected chi connectivity index (χ1v) is 9.28. The highest BCUT2D eigenvalue weighted by Crippen LogP contribution is 2.28. The molecule has 5 aromatic rings. The normalized spacial score (nSPS) is 12.3. The summed E-state index contributed by atoms with van der Waals surface area (Å²) in [5, 5.41) is 5.53. The van der Waals surface area contributed by atoms with Gasteiger partial charge in [-0.25, -0.2) is 0 Å². The second-order valence-electron chi connectivity index (χ2n) is 6.88. The monoisotopic (exact) mass is 365 g/mol. The highest BCUT2D eigenvalue weighted by molar-refractivity contribution is 6.11. The first-order valence-electron chi connectivity index (χ1n) is 9.28. The van der Waals surface area contributed by atoms with Crippen LogP contribution in [0.1, 0.15) is 22.0 Å². The molecule has 0 saturated heterocycles. The molecule has 5 rings (SSSR count). The molecule has 1 atom stereocenters. The Balaban J connectivity index is 1.57. The summed E-state index contributed by atoms with van der Waals surface area (Å²) in [6, 6.07) is 25.4. The van der Waals surface area contributed by atoms with Gasteiger partial charge >= 0.3 is 0 Å². The first kappa shape index (κ1) is 16.4. The van der Waals surface area contributed by atoms with E-state index in [1.807, 2.05) is 85.1 Å². The number of fused-ring (bicyclic) bond motifs is 2. The van der Waals surface area contributed by atoms with E-state index in [0.29, 0.717) is 5.56 Å². The number of aromatic nitrogens is 2. The zero-order chi connectivity index (χ0) is 18.9. The number of hydrogen-bond acceptors (Lipinski definition) is 2. The van der Waals surface area contributed by atoms with E-state index in [1.54, 1.807) is 6.20 Å². The van der Waals surface area contributed by atoms with Crippen LogP contribution in [-0.4, -0.2) is 15.8 Å². The maximum atomic E-state index is 13.5. The molecule has 3 aromatic carbocycles. The number of carbonyl (C=O) groups excluding carboxylic acids is 1. The van der Waals surface area contributed by atoms with Gasteiger partial charge in [0.15, 0.2) is 5.78 Å². The SMILES string of the molecule is O=C(c1c[nH]c2ccccc12)C(Nc1ccc2cc[nH]c2c1)c1ccccc1. The van der Waals surface area contributed by atoms with E-state index < -0.39 is 6.04 Å². The molecule has 4 nitrogen and oxygen atoms in total. The Kier molecular flexibility index (Phi) is 3.95. The quantitative estimate of drug-likeness (QED) is 0.351. The van der Waals surface area contributed by atoms with Crippen molar-refractivity contribution in [2.45, 2.75) is 6.04 Å². The van der Waals surface area contributed by atoms with Crippen molar-refractivity contribution in [2.75, 3.05) is 5.32 Å². The van der Waals surface area contributed by atoms with Gasteiger partial charge in [0.05, 0.1) is 0 Å². The summed E-state index contributed by atoms with van der Waals surface area (Å²) in [6.07, 6.45) is 3.72. The standard InChI is InChI=1S/C24H19N3O/c28-24(20-15-26-21-9-5-4-8-19(20)21)23(17-6-2-1-3-7-17)27-18-11-10-16-12-13-25-22(16)14-18/h1-15,23,25-27H. The van der Waals surface area contributed by atoms with Crippen LogP contribution >= 0.6 is 0 Å². The van der Waals surface area contributed by atoms with Gasteiger partial charge in [-0.05, 0) is 35.2 Å². The van der Waals surface area contributed by atoms with Gasteiger partial charge in [-0.1, -0.05) is 54.6 Å². The van der Waals surface area contributed by atoms with Gasteiger partial charge in [0.2, 0.25) is 0 Å². The fraction of sp³-hybridized carbons (Fsp3) is 0.0417. The summed E-state index contributed by atoms with van der Waals surface area (Å²) in [4.78, 5) is 20.0. The fourth-order valence-corrected chi connectivity index (χ4v) is 3.68. The number of nitrogens with one attached hydrogen (secondary N) is 3. The molecule has 0 aliphatic rings. The van der Waals surface area contributed by atoms with Crippen LogP contribution in [0.5, 0.6) is 0 Å². The molecule has 0 radical (unpaired) electrons. The molecule has 4 heteroatoms. The Morgan fingerprint density at radius 1 is 0.821 bits per heavy atom. The second-order valence-corrected chi connectivity index (χ2v) is 6.88. The van der Waals surface area contributed by atoms with Gasteiger partial charge in [-0.2, -0.15) is 0 Å². The Morgan fingerprint density at radius 2 is 1.64 bits per heavy atom. The smallest absolute Gasteiger partial charge is 0.191 e. The Bertz CT molecular complexity index is 1270. The number of anilines is 1. The van der Waals surface area contributed by atoms with E-state index in [4.69, 9.17) is 0 Å². The van der Waals surface area contributed by atoms with E-state index >= 15 is 0 Å². The highest BCUT2D eigenvalue weighted by Gasteiger charge is 2.24. The van der Waals surface area contributed by atoms with Gasteiger partial charge in [0, 0.05) is 40.1 Å². The Hall–Kier alpha value is -3.79. The van der Waals surface area contributed by atoms with Crippen molar-refractivity contribution in [3.8, 4) is 0 Å². The Morgan fingerprint density at radius 3 is 2.54 bits per heavy atom. The number of para-hydroxylation sites is 1. The molecular formula is C24H19N3O. The molecule has 0 amide bonds. The van der Waals surface area contributed by atoms with Crippen molar-refractivity contribution < 1.29 is 4.79 Å². The predicted molar refractivity (Wildman–Crippen MR) is 114 cm³/mol. The van der Waals surface area contributed by atoms with Crippen molar-refractivity contribution >= 4 is 33.3 Å². The van der Waals surface area contributed by atoms with Crippen molar-refractivity contribution in [3.63, 3.8) is 0 Å². The van der Waals surface area contributed by atoms with Crippen molar-refractivity contribution in [1.82, 2.24) is 9.97 Å². The molecule has 0 spiro atoms. The van der Waals surface area contributed by atoms with Crippen LogP contribution in [0, 0.1) is 0 Å². The molecule has 0 aliphatic heterocycles. The van der Waals surface area contributed by atoms with E-state index in [2.05, 4.69) is 15.3 Å². The maximum Gasteiger partial charge on any atom is 0.191 e. The molecule has 1 unspecified atom stereocenters. The van der Waals surface area contributed by atoms with Crippen LogP contribution < -0.4 is 5.32 Å². The minimum Gasteiger partial charge on any atom is -0.371 e. The summed E-state index contributed by atoms with van der Waals surface area (Å²) in [5.74, 6) is 0.0373. The molecule has 0 bridgehead atoms. The zero-order valence-electron chi connectivity index (χ0n) is 15.1. The van der Waals surface area contributed by atoms with Gasteiger partial charge in [0.1, 0.15) is 6.04 Å². The van der Waals surface area contributed by atoms with E-state index in [-0.39, 0.29) is 5.78 Å². The molecule has 3 N–H and O–H groups in total. The summed E-state index contributed by atoms with van der Waals surface area (Å²) < 4.78 is 0. The number of Topliss-reactive ketones (excluding diaryl/α,β-unsaturated/α-hetero) is 1. The van der Waals surface area contributed by atoms with Crippen LogP contribution in [-0.2, 0) is 0 Å². The minimum atomic E-state index is -0.479. The molecule has 0 saturated carbocycles. The fourth-order valence-electron chi connectivity index (χ4n) is 3.68. The molecular weight excluding hydrogens is 346 g/mol. The molecule has 2 heterocycles. The lowest BCUT2D eigenvalue weighted by Gasteiger charge is -2.19. The molecule has 28 heavy (non-hydrogen) atoms. The zero-order valence-corrected chi connectivity index (χ0v) is 15.1. The Labute approximate surface area is 162 Å². The minimum absolute atomic E-state index is 0.0373. The van der Waals surface area contributed by atoms with Crippen molar-refractivity contribution in [2.24, 2.45) is 0 Å². The average Bonchev–Trinajstić information content (AvgIpc) is 3.38. The number of benzene rings is 3. The second kappa shape index (κ2) is 6.74. The summed E-state index contributed by atoms with van der Waals surface area (Å²) >= 11 is 0. The van der Waals surface area contributed by atoms with Gasteiger partial charge in [0.25, 0.3) is 0 Å². The maximum absolute atomic E-state index is 13.5.